The molecule has 2 atom stereocenters. The van der Waals surface area contributed by atoms with Crippen LogP contribution in [0.2, 0.25) is 0 Å². The molecule has 4 heterocycles. The van der Waals surface area contributed by atoms with E-state index in [4.69, 9.17) is 14.2 Å². The number of rotatable bonds is 10. The third-order valence-electron chi connectivity index (χ3n) is 8.31. The van der Waals surface area contributed by atoms with Gasteiger partial charge in [0.1, 0.15) is 17.5 Å². The highest BCUT2D eigenvalue weighted by Gasteiger charge is 2.40. The number of ether oxygens (including phenoxy) is 1. The van der Waals surface area contributed by atoms with Gasteiger partial charge in [-0.3, -0.25) is 9.59 Å². The van der Waals surface area contributed by atoms with Crippen molar-refractivity contribution < 1.29 is 27.6 Å². The number of carbonyl (C=O) groups excluding carboxylic acids is 2. The fourth-order valence-corrected chi connectivity index (χ4v) is 5.76. The third-order valence-corrected chi connectivity index (χ3v) is 8.31. The summed E-state index contributed by atoms with van der Waals surface area (Å²) in [5, 5.41) is 14.8. The van der Waals surface area contributed by atoms with Crippen molar-refractivity contribution in [1.82, 2.24) is 30.4 Å². The monoisotopic (exact) mass is 556 g/mol. The predicted molar refractivity (Wildman–Crippen MR) is 139 cm³/mol. The lowest BCUT2D eigenvalue weighted by Crippen LogP contribution is -2.38. The first kappa shape index (κ1) is 26.8. The van der Waals surface area contributed by atoms with E-state index in [9.17, 15) is 18.4 Å². The first-order valence-electron chi connectivity index (χ1n) is 14.2. The molecule has 6 rings (SSSR count). The Morgan fingerprint density at radius 1 is 1.12 bits per heavy atom. The van der Waals surface area contributed by atoms with E-state index in [2.05, 4.69) is 20.9 Å². The second-order valence-corrected chi connectivity index (χ2v) is 11.4. The second-order valence-electron chi connectivity index (χ2n) is 11.4. The lowest BCUT2D eigenvalue weighted by molar-refractivity contribution is -0.122. The summed E-state index contributed by atoms with van der Waals surface area (Å²) in [6, 6.07) is 1.18. The van der Waals surface area contributed by atoms with E-state index in [1.54, 1.807) is 16.9 Å². The van der Waals surface area contributed by atoms with Crippen LogP contribution in [0.1, 0.15) is 104 Å². The van der Waals surface area contributed by atoms with Crippen molar-refractivity contribution in [2.45, 2.75) is 82.2 Å². The molecule has 12 heteroatoms. The quantitative estimate of drug-likeness (QED) is 0.377. The summed E-state index contributed by atoms with van der Waals surface area (Å²) >= 11 is 0. The summed E-state index contributed by atoms with van der Waals surface area (Å²) < 4.78 is 40.0. The molecule has 214 valence electrons. The summed E-state index contributed by atoms with van der Waals surface area (Å²) in [6.45, 7) is 2.91. The number of imidazole rings is 1. The van der Waals surface area contributed by atoms with Gasteiger partial charge in [0.05, 0.1) is 49.3 Å². The van der Waals surface area contributed by atoms with Crippen LogP contribution in [0, 0.1) is 11.8 Å². The molecule has 3 fully saturated rings. The number of aromatic nitrogens is 4. The Kier molecular flexibility index (Phi) is 7.28. The molecular weight excluding hydrogens is 522 g/mol. The lowest BCUT2D eigenvalue weighted by Gasteiger charge is -2.33. The molecule has 10 nitrogen and oxygen atoms in total. The lowest BCUT2D eigenvalue weighted by atomic mass is 9.81. The van der Waals surface area contributed by atoms with E-state index in [1.165, 1.54) is 6.26 Å². The van der Waals surface area contributed by atoms with Crippen LogP contribution >= 0.6 is 0 Å². The van der Waals surface area contributed by atoms with Gasteiger partial charge < -0.3 is 19.9 Å². The van der Waals surface area contributed by atoms with Crippen molar-refractivity contribution in [3.05, 3.63) is 47.2 Å². The van der Waals surface area contributed by atoms with E-state index < -0.39 is 12.0 Å². The van der Waals surface area contributed by atoms with Gasteiger partial charge in [0, 0.05) is 19.3 Å². The molecular formula is C28H34F2N6O4. The van der Waals surface area contributed by atoms with Crippen LogP contribution in [-0.4, -0.2) is 50.7 Å². The van der Waals surface area contributed by atoms with Crippen LogP contribution in [0.15, 0.2) is 29.2 Å². The molecule has 0 radical (unpaired) electrons. The van der Waals surface area contributed by atoms with Gasteiger partial charge in [-0.2, -0.15) is 5.10 Å². The summed E-state index contributed by atoms with van der Waals surface area (Å²) in [5.74, 6) is -2.94. The van der Waals surface area contributed by atoms with E-state index >= 15 is 0 Å². The zero-order valence-corrected chi connectivity index (χ0v) is 22.4. The molecule has 3 aliphatic rings. The highest BCUT2D eigenvalue weighted by atomic mass is 19.3. The molecule has 0 spiro atoms. The summed E-state index contributed by atoms with van der Waals surface area (Å²) in [4.78, 5) is 30.6. The number of halogens is 2. The van der Waals surface area contributed by atoms with Crippen LogP contribution in [0.3, 0.4) is 0 Å². The number of nitrogens with zero attached hydrogens (tertiary/aromatic N) is 4. The molecule has 0 bridgehead atoms. The van der Waals surface area contributed by atoms with E-state index in [1.807, 2.05) is 13.0 Å². The minimum atomic E-state index is -2.70. The molecule has 0 aromatic carbocycles. The molecule has 3 aromatic rings. The third kappa shape index (κ3) is 5.59. The molecule has 2 N–H and O–H groups in total. The Morgan fingerprint density at radius 3 is 2.55 bits per heavy atom. The van der Waals surface area contributed by atoms with Crippen LogP contribution in [0.25, 0.3) is 5.65 Å². The van der Waals surface area contributed by atoms with E-state index in [-0.39, 0.29) is 55.4 Å². The maximum atomic E-state index is 14.0. The number of nitrogens with one attached hydrogen (secondary N) is 2. The smallest absolute Gasteiger partial charge is 0.257 e. The minimum Gasteiger partial charge on any atom is -0.380 e. The Hall–Kier alpha value is -3.41. The van der Waals surface area contributed by atoms with Crippen molar-refractivity contribution in [1.29, 1.82) is 0 Å². The van der Waals surface area contributed by atoms with Gasteiger partial charge in [-0.15, -0.1) is 0 Å². The molecule has 1 aliphatic heterocycles. The Bertz CT molecular complexity index is 1370. The molecule has 2 saturated carbocycles. The standard InChI is InChI=1S/C28H34F2N6O4/c1-2-3-23(37)33-24(16-4-5-16)18-10-22-32-21(12-36(22)31-11-18)26(17-6-8-28(29,30)9-7-17)34-27(38)20-15-40-35-25(20)19-13-39-14-19/h10-12,15-17,19,24,26H,2-9,13-14H2,1H3,(H,33,37)(H,34,38)/t24-,26+/m1/s1. The van der Waals surface area contributed by atoms with Crippen molar-refractivity contribution in [3.8, 4) is 0 Å². The second kappa shape index (κ2) is 10.9. The SMILES string of the molecule is CCCC(=O)N[C@@H](c1cnn2cc([C@@H](NC(=O)c3conc3C3COC3)C3CCC(F)(F)CC3)nc2c1)C1CC1. The maximum Gasteiger partial charge on any atom is 0.257 e. The van der Waals surface area contributed by atoms with Gasteiger partial charge in [-0.25, -0.2) is 18.3 Å². The molecule has 2 aliphatic carbocycles. The minimum absolute atomic E-state index is 0.0126. The van der Waals surface area contributed by atoms with E-state index in [0.717, 1.165) is 24.8 Å². The fraction of sp³-hybridized carbons (Fsp3) is 0.607. The van der Waals surface area contributed by atoms with Crippen molar-refractivity contribution in [3.63, 3.8) is 0 Å². The normalized spacial score (nSPS) is 21.1. The maximum absolute atomic E-state index is 14.0. The molecule has 2 amide bonds. The van der Waals surface area contributed by atoms with Crippen molar-refractivity contribution in [2.24, 2.45) is 11.8 Å². The number of carbonyl (C=O) groups is 2. The Morgan fingerprint density at radius 2 is 1.88 bits per heavy atom. The summed E-state index contributed by atoms with van der Waals surface area (Å²) in [7, 11) is 0. The Labute approximate surface area is 230 Å². The number of alkyl halides is 2. The van der Waals surface area contributed by atoms with Crippen LogP contribution in [0.5, 0.6) is 0 Å². The van der Waals surface area contributed by atoms with Crippen LogP contribution < -0.4 is 10.6 Å². The van der Waals surface area contributed by atoms with Gasteiger partial charge >= 0.3 is 0 Å². The predicted octanol–water partition coefficient (Wildman–Crippen LogP) is 4.50. The largest absolute Gasteiger partial charge is 0.380 e. The average Bonchev–Trinajstić information content (AvgIpc) is 3.47. The zero-order valence-electron chi connectivity index (χ0n) is 22.4. The highest BCUT2D eigenvalue weighted by molar-refractivity contribution is 5.95. The van der Waals surface area contributed by atoms with Crippen LogP contribution in [0.4, 0.5) is 8.78 Å². The van der Waals surface area contributed by atoms with Gasteiger partial charge in [0.25, 0.3) is 5.91 Å². The van der Waals surface area contributed by atoms with Crippen LogP contribution in [-0.2, 0) is 9.53 Å². The molecule has 40 heavy (non-hydrogen) atoms. The molecule has 1 saturated heterocycles. The van der Waals surface area contributed by atoms with Gasteiger partial charge in [-0.05, 0) is 55.6 Å². The zero-order chi connectivity index (χ0) is 27.9. The van der Waals surface area contributed by atoms with Gasteiger partial charge in [0.15, 0.2) is 5.65 Å². The van der Waals surface area contributed by atoms with Crippen molar-refractivity contribution >= 4 is 17.5 Å². The van der Waals surface area contributed by atoms with Gasteiger partial charge in [-0.1, -0.05) is 12.1 Å². The van der Waals surface area contributed by atoms with E-state index in [0.29, 0.717) is 48.2 Å². The summed E-state index contributed by atoms with van der Waals surface area (Å²) in [5.41, 5.74) is 2.86. The first-order chi connectivity index (χ1) is 19.3. The molecule has 0 unspecified atom stereocenters. The average molecular weight is 557 g/mol. The van der Waals surface area contributed by atoms with Crippen molar-refractivity contribution in [2.75, 3.05) is 13.2 Å². The Balaban J connectivity index is 1.28. The van der Waals surface area contributed by atoms with Gasteiger partial charge in [0.2, 0.25) is 11.8 Å². The number of amides is 2. The number of hydrogen-bond donors (Lipinski definition) is 2. The summed E-state index contributed by atoms with van der Waals surface area (Å²) in [6.07, 6.45) is 8.16. The highest BCUT2D eigenvalue weighted by Crippen LogP contribution is 2.43. The molecule has 3 aromatic heterocycles. The first-order valence-corrected chi connectivity index (χ1v) is 14.2. The fourth-order valence-electron chi connectivity index (χ4n) is 5.76. The number of hydrogen-bond acceptors (Lipinski definition) is 7. The number of fused-ring (bicyclic) bond motifs is 1. The topological polar surface area (TPSA) is 124 Å².